The Labute approximate surface area is 245 Å². The molecule has 3 aromatic heterocycles. The summed E-state index contributed by atoms with van der Waals surface area (Å²) in [5, 5.41) is 23.1. The highest BCUT2D eigenvalue weighted by Gasteiger charge is 2.39. The lowest BCUT2D eigenvalue weighted by atomic mass is 10.1. The first-order valence-corrected chi connectivity index (χ1v) is 12.6. The van der Waals surface area contributed by atoms with Gasteiger partial charge in [-0.25, -0.2) is 18.5 Å². The lowest BCUT2D eigenvalue weighted by molar-refractivity contribution is -0.193. The predicted octanol–water partition coefficient (Wildman–Crippen LogP) is 4.69. The minimum absolute atomic E-state index is 0.165. The molecular weight excluding hydrogens is 605 g/mol. The molecule has 1 unspecified atom stereocenters. The molecule has 1 saturated heterocycles. The number of aromatic nitrogens is 4. The maximum Gasteiger partial charge on any atom is 0.490 e. The highest BCUT2D eigenvalue weighted by atomic mass is 19.4. The van der Waals surface area contributed by atoms with Crippen LogP contribution in [0.2, 0.25) is 0 Å². The number of carboxylic acid groups (broad SMARTS) is 2. The van der Waals surface area contributed by atoms with Crippen LogP contribution < -0.4 is 0 Å². The van der Waals surface area contributed by atoms with E-state index in [4.69, 9.17) is 19.8 Å². The lowest BCUT2D eigenvalue weighted by Crippen LogP contribution is -2.46. The number of carbonyl (C=O) groups is 2. The standard InChI is InChI=1S/C23H23FN6.2C2HF3O2/c1-28-11-12-29(14-17-7-9-25-10-8-17)16-22(28)23-21-6-5-19(15-30(21)27-26-23)18-3-2-4-20(24)13-18;2*3-2(4,5)1(6)7/h2-10,13,15,22H,11-12,14,16H2,1H3;2*(H,6,7). The van der Waals surface area contributed by atoms with Gasteiger partial charge in [0.25, 0.3) is 0 Å². The van der Waals surface area contributed by atoms with Gasteiger partial charge in [0.05, 0.1) is 11.6 Å². The SMILES string of the molecule is CN1CCN(Cc2ccncc2)CC1c1nnn2cc(-c3cccc(F)c3)ccc12.O=C(O)C(F)(F)F.O=C(O)C(F)(F)F. The van der Waals surface area contributed by atoms with Gasteiger partial charge >= 0.3 is 24.3 Å². The second-order valence-electron chi connectivity index (χ2n) is 9.43. The molecule has 1 aliphatic heterocycles. The molecule has 4 aromatic rings. The summed E-state index contributed by atoms with van der Waals surface area (Å²) in [6, 6.07) is 14.9. The number of aliphatic carboxylic acids is 2. The number of alkyl halides is 6. The highest BCUT2D eigenvalue weighted by Crippen LogP contribution is 2.28. The number of fused-ring (bicyclic) bond motifs is 1. The first-order valence-electron chi connectivity index (χ1n) is 12.6. The number of piperazine rings is 1. The van der Waals surface area contributed by atoms with Gasteiger partial charge in [0.1, 0.15) is 11.5 Å². The van der Waals surface area contributed by atoms with E-state index in [-0.39, 0.29) is 11.9 Å². The molecule has 1 atom stereocenters. The number of pyridine rings is 2. The molecule has 2 N–H and O–H groups in total. The summed E-state index contributed by atoms with van der Waals surface area (Å²) in [5.74, 6) is -5.76. The van der Waals surface area contributed by atoms with Crippen molar-refractivity contribution >= 4 is 17.5 Å². The van der Waals surface area contributed by atoms with Crippen molar-refractivity contribution in [2.45, 2.75) is 24.9 Å². The van der Waals surface area contributed by atoms with Crippen LogP contribution in [0.15, 0.2) is 67.1 Å². The summed E-state index contributed by atoms with van der Waals surface area (Å²) in [4.78, 5) is 26.7. The van der Waals surface area contributed by atoms with Crippen LogP contribution in [0.25, 0.3) is 16.6 Å². The fraction of sp³-hybridized carbons (Fsp3) is 0.296. The Morgan fingerprint density at radius 2 is 1.52 bits per heavy atom. The lowest BCUT2D eigenvalue weighted by Gasteiger charge is -2.38. The molecular formula is C27H25F7N6O4. The second-order valence-corrected chi connectivity index (χ2v) is 9.43. The number of halogens is 7. The molecule has 0 saturated carbocycles. The summed E-state index contributed by atoms with van der Waals surface area (Å²) in [6.07, 6.45) is -4.57. The molecule has 0 spiro atoms. The van der Waals surface area contributed by atoms with E-state index in [2.05, 4.69) is 44.3 Å². The monoisotopic (exact) mass is 630 g/mol. The molecule has 44 heavy (non-hydrogen) atoms. The number of hydrogen-bond donors (Lipinski definition) is 2. The number of rotatable bonds is 4. The highest BCUT2D eigenvalue weighted by molar-refractivity contribution is 5.73. The fourth-order valence-corrected chi connectivity index (χ4v) is 4.11. The Morgan fingerprint density at radius 3 is 2.09 bits per heavy atom. The van der Waals surface area contributed by atoms with Gasteiger partial charge in [-0.15, -0.1) is 5.10 Å². The van der Waals surface area contributed by atoms with Gasteiger partial charge in [0.15, 0.2) is 0 Å². The molecule has 5 rings (SSSR count). The minimum Gasteiger partial charge on any atom is -0.475 e. The molecule has 0 amide bonds. The van der Waals surface area contributed by atoms with E-state index in [1.165, 1.54) is 17.7 Å². The minimum atomic E-state index is -5.08. The Bertz CT molecular complexity index is 1540. The number of carboxylic acids is 2. The van der Waals surface area contributed by atoms with Gasteiger partial charge in [-0.2, -0.15) is 26.3 Å². The van der Waals surface area contributed by atoms with Crippen LogP contribution in [-0.2, 0) is 16.1 Å². The number of hydrogen-bond acceptors (Lipinski definition) is 7. The molecule has 4 heterocycles. The predicted molar refractivity (Wildman–Crippen MR) is 141 cm³/mol. The molecule has 0 radical (unpaired) electrons. The Morgan fingerprint density at radius 1 is 0.909 bits per heavy atom. The Hall–Kier alpha value is -4.64. The third-order valence-corrected chi connectivity index (χ3v) is 6.29. The molecule has 10 nitrogen and oxygen atoms in total. The average Bonchev–Trinajstić information content (AvgIpc) is 3.37. The van der Waals surface area contributed by atoms with Gasteiger partial charge in [0.2, 0.25) is 0 Å². The third-order valence-electron chi connectivity index (χ3n) is 6.29. The van der Waals surface area contributed by atoms with E-state index in [0.717, 1.165) is 48.5 Å². The molecule has 1 aromatic carbocycles. The van der Waals surface area contributed by atoms with Crippen molar-refractivity contribution in [1.82, 2.24) is 29.6 Å². The number of benzene rings is 1. The smallest absolute Gasteiger partial charge is 0.475 e. The molecule has 1 aliphatic rings. The van der Waals surface area contributed by atoms with Crippen LogP contribution in [0.5, 0.6) is 0 Å². The number of nitrogens with zero attached hydrogens (tertiary/aromatic N) is 6. The Balaban J connectivity index is 0.000000317. The quantitative estimate of drug-likeness (QED) is 0.309. The maximum atomic E-state index is 13.6. The van der Waals surface area contributed by atoms with E-state index in [9.17, 15) is 30.7 Å². The van der Waals surface area contributed by atoms with E-state index < -0.39 is 24.3 Å². The van der Waals surface area contributed by atoms with Crippen LogP contribution in [0.1, 0.15) is 17.3 Å². The van der Waals surface area contributed by atoms with Crippen LogP contribution in [0.3, 0.4) is 0 Å². The van der Waals surface area contributed by atoms with Crippen molar-refractivity contribution in [1.29, 1.82) is 0 Å². The van der Waals surface area contributed by atoms with Crippen LogP contribution >= 0.6 is 0 Å². The van der Waals surface area contributed by atoms with Gasteiger partial charge in [-0.05, 0) is 48.5 Å². The van der Waals surface area contributed by atoms with Gasteiger partial charge in [0, 0.05) is 50.3 Å². The molecule has 0 bridgehead atoms. The number of likely N-dealkylation sites (N-methyl/N-ethyl adjacent to an activating group) is 1. The average molecular weight is 631 g/mol. The second kappa shape index (κ2) is 14.2. The molecule has 236 valence electrons. The summed E-state index contributed by atoms with van der Waals surface area (Å²) in [6.45, 7) is 3.77. The summed E-state index contributed by atoms with van der Waals surface area (Å²) >= 11 is 0. The third kappa shape index (κ3) is 9.43. The fourth-order valence-electron chi connectivity index (χ4n) is 4.11. The topological polar surface area (TPSA) is 124 Å². The van der Waals surface area contributed by atoms with Gasteiger partial charge in [-0.3, -0.25) is 14.8 Å². The van der Waals surface area contributed by atoms with Crippen molar-refractivity contribution in [3.63, 3.8) is 0 Å². The zero-order chi connectivity index (χ0) is 32.7. The summed E-state index contributed by atoms with van der Waals surface area (Å²) in [7, 11) is 2.14. The van der Waals surface area contributed by atoms with E-state index >= 15 is 0 Å². The van der Waals surface area contributed by atoms with Crippen molar-refractivity contribution in [3.8, 4) is 11.1 Å². The van der Waals surface area contributed by atoms with Crippen LogP contribution in [-0.4, -0.2) is 90.8 Å². The summed E-state index contributed by atoms with van der Waals surface area (Å²) < 4.78 is 78.9. The van der Waals surface area contributed by atoms with Crippen molar-refractivity contribution in [2.75, 3.05) is 26.7 Å². The first kappa shape index (κ1) is 33.9. The van der Waals surface area contributed by atoms with E-state index in [1.807, 2.05) is 36.8 Å². The largest absolute Gasteiger partial charge is 0.490 e. The molecule has 17 heteroatoms. The van der Waals surface area contributed by atoms with Crippen molar-refractivity contribution in [3.05, 3.63) is 84.2 Å². The van der Waals surface area contributed by atoms with E-state index in [1.54, 1.807) is 10.6 Å². The molecule has 1 fully saturated rings. The Kier molecular flexibility index (Phi) is 10.9. The van der Waals surface area contributed by atoms with Crippen LogP contribution in [0, 0.1) is 5.82 Å². The zero-order valence-electron chi connectivity index (χ0n) is 22.8. The zero-order valence-corrected chi connectivity index (χ0v) is 22.8. The first-order chi connectivity index (χ1) is 20.6. The molecule has 0 aliphatic carbocycles. The van der Waals surface area contributed by atoms with Crippen molar-refractivity contribution in [2.24, 2.45) is 0 Å². The van der Waals surface area contributed by atoms with Gasteiger partial charge < -0.3 is 10.2 Å². The van der Waals surface area contributed by atoms with E-state index in [0.29, 0.717) is 0 Å². The van der Waals surface area contributed by atoms with Crippen LogP contribution in [0.4, 0.5) is 30.7 Å². The van der Waals surface area contributed by atoms with Gasteiger partial charge in [-0.1, -0.05) is 23.4 Å². The van der Waals surface area contributed by atoms with Crippen molar-refractivity contribution < 1.29 is 50.5 Å². The summed E-state index contributed by atoms with van der Waals surface area (Å²) in [5.41, 5.74) is 4.96. The normalized spacial score (nSPS) is 16.0. The maximum absolute atomic E-state index is 13.6.